The molecule has 3 rings (SSSR count). The SMILES string of the molecule is [2H]C(C)(C)Oc1cc(C2(O)C([2H])([2H])C([2H])([2H])N(Cc3ccccc3)C([2H])([2H])C2([2H])[2H])c(C)cc1N. The third kappa shape index (κ3) is 4.19. The Labute approximate surface area is 169 Å². The fourth-order valence-electron chi connectivity index (χ4n) is 2.74. The third-order valence-electron chi connectivity index (χ3n) is 3.99. The van der Waals surface area contributed by atoms with Gasteiger partial charge in [0.05, 0.1) is 18.7 Å². The number of anilines is 1. The third-order valence-corrected chi connectivity index (χ3v) is 3.99. The van der Waals surface area contributed by atoms with Crippen LogP contribution in [0.2, 0.25) is 0 Å². The van der Waals surface area contributed by atoms with Crippen LogP contribution in [0.3, 0.4) is 0 Å². The number of nitrogens with zero attached hydrogens (tertiary/aromatic N) is 1. The van der Waals surface area contributed by atoms with Crippen LogP contribution in [-0.2, 0) is 12.1 Å². The van der Waals surface area contributed by atoms with Crippen LogP contribution in [0.5, 0.6) is 5.75 Å². The lowest BCUT2D eigenvalue weighted by Gasteiger charge is -2.39. The molecule has 0 atom stereocenters. The van der Waals surface area contributed by atoms with E-state index in [1.54, 1.807) is 30.3 Å². The second-order valence-corrected chi connectivity index (χ2v) is 6.47. The molecule has 0 amide bonds. The number of hydrogen-bond donors (Lipinski definition) is 2. The summed E-state index contributed by atoms with van der Waals surface area (Å²) in [7, 11) is 0. The summed E-state index contributed by atoms with van der Waals surface area (Å²) < 4.78 is 83.0. The molecular weight excluding hydrogens is 324 g/mol. The maximum atomic E-state index is 11.8. The number of nitrogen functional groups attached to an aromatic ring is 1. The predicted molar refractivity (Wildman–Crippen MR) is 106 cm³/mol. The van der Waals surface area contributed by atoms with E-state index in [4.69, 9.17) is 22.8 Å². The normalized spacial score (nSPS) is 30.7. The number of piperidine rings is 1. The highest BCUT2D eigenvalue weighted by atomic mass is 16.5. The number of aliphatic hydroxyl groups is 1. The molecule has 1 aliphatic heterocycles. The van der Waals surface area contributed by atoms with Gasteiger partial charge in [0.25, 0.3) is 0 Å². The molecule has 2 aromatic carbocycles. The average Bonchev–Trinajstić information content (AvgIpc) is 2.71. The highest BCUT2D eigenvalue weighted by Gasteiger charge is 2.35. The largest absolute Gasteiger partial charge is 0.489 e. The first kappa shape index (κ1) is 10.3. The fourth-order valence-corrected chi connectivity index (χ4v) is 2.74. The number of hydrogen-bond acceptors (Lipinski definition) is 4. The van der Waals surface area contributed by atoms with Crippen LogP contribution in [0.4, 0.5) is 5.69 Å². The van der Waals surface area contributed by atoms with Crippen LogP contribution < -0.4 is 10.5 Å². The Morgan fingerprint density at radius 2 is 1.92 bits per heavy atom. The highest BCUT2D eigenvalue weighted by molar-refractivity contribution is 5.58. The smallest absolute Gasteiger partial charge is 0.142 e. The Morgan fingerprint density at radius 3 is 2.54 bits per heavy atom. The van der Waals surface area contributed by atoms with Crippen molar-refractivity contribution in [3.63, 3.8) is 0 Å². The van der Waals surface area contributed by atoms with E-state index in [1.165, 1.54) is 26.8 Å². The average molecular weight is 364 g/mol. The highest BCUT2D eigenvalue weighted by Crippen LogP contribution is 2.39. The topological polar surface area (TPSA) is 58.7 Å². The summed E-state index contributed by atoms with van der Waals surface area (Å²) in [5.74, 6) is -0.140. The minimum absolute atomic E-state index is 0.0452. The molecule has 3 N–H and O–H groups in total. The number of aryl methyl sites for hydroxylation is 1. The van der Waals surface area contributed by atoms with Gasteiger partial charge in [-0.1, -0.05) is 30.3 Å². The van der Waals surface area contributed by atoms with Gasteiger partial charge in [0.2, 0.25) is 0 Å². The molecule has 0 radical (unpaired) electrons. The summed E-state index contributed by atoms with van der Waals surface area (Å²) in [6.45, 7) is -2.53. The molecule has 1 heterocycles. The first-order valence-electron chi connectivity index (χ1n) is 12.9. The van der Waals surface area contributed by atoms with Crippen molar-refractivity contribution in [2.45, 2.75) is 51.7 Å². The standard InChI is InChI=1S/C22H30N2O2/c1-16(2)26-21-14-19(17(3)13-20(21)23)22(25)9-11-24(12-10-22)15-18-7-5-4-6-8-18/h4-8,13-14,16,25H,9-12,15,23H2,1-3H3/i9D2,10D2,11D2,12D2,16D. The van der Waals surface area contributed by atoms with E-state index in [1.807, 2.05) is 0 Å². The van der Waals surface area contributed by atoms with E-state index in [0.717, 1.165) is 6.07 Å². The lowest BCUT2D eigenvalue weighted by Crippen LogP contribution is -2.42. The number of likely N-dealkylation sites (tertiary alicyclic amines) is 1. The van der Waals surface area contributed by atoms with Crippen LogP contribution >= 0.6 is 0 Å². The number of rotatable bonds is 5. The lowest BCUT2D eigenvalue weighted by atomic mass is 9.81. The van der Waals surface area contributed by atoms with Gasteiger partial charge in [0.15, 0.2) is 0 Å². The van der Waals surface area contributed by atoms with Gasteiger partial charge < -0.3 is 15.6 Å². The van der Waals surface area contributed by atoms with E-state index in [-0.39, 0.29) is 17.0 Å². The molecule has 4 heteroatoms. The lowest BCUT2D eigenvalue weighted by molar-refractivity contribution is -0.0283. The summed E-state index contributed by atoms with van der Waals surface area (Å²) in [5, 5.41) is 11.8. The molecule has 2 aromatic rings. The summed E-state index contributed by atoms with van der Waals surface area (Å²) in [6, 6.07) is 10.6. The molecular formula is C22H30N2O2. The van der Waals surface area contributed by atoms with Crippen LogP contribution in [0.15, 0.2) is 42.5 Å². The molecule has 0 bridgehead atoms. The second kappa shape index (κ2) is 7.68. The summed E-state index contributed by atoms with van der Waals surface area (Å²) in [6.07, 6.45) is -8.21. The van der Waals surface area contributed by atoms with E-state index in [0.29, 0.717) is 10.5 Å². The Morgan fingerprint density at radius 1 is 1.27 bits per heavy atom. The number of benzene rings is 2. The quantitative estimate of drug-likeness (QED) is 0.792. The minimum atomic E-state index is -3.36. The molecule has 1 fully saturated rings. The van der Waals surface area contributed by atoms with Gasteiger partial charge in [-0.25, -0.2) is 0 Å². The van der Waals surface area contributed by atoms with Crippen molar-refractivity contribution in [2.75, 3.05) is 18.7 Å². The minimum Gasteiger partial charge on any atom is -0.489 e. The van der Waals surface area contributed by atoms with Gasteiger partial charge in [-0.05, 0) is 62.3 Å². The van der Waals surface area contributed by atoms with Gasteiger partial charge in [0, 0.05) is 30.5 Å². The van der Waals surface area contributed by atoms with Crippen molar-refractivity contribution in [1.29, 1.82) is 0 Å². The zero-order valence-corrected chi connectivity index (χ0v) is 15.1. The van der Waals surface area contributed by atoms with Crippen molar-refractivity contribution >= 4 is 5.69 Å². The molecule has 140 valence electrons. The zero-order valence-electron chi connectivity index (χ0n) is 24.1. The first-order valence-corrected chi connectivity index (χ1v) is 8.35. The van der Waals surface area contributed by atoms with Gasteiger partial charge in [-0.2, -0.15) is 0 Å². The summed E-state index contributed by atoms with van der Waals surface area (Å²) >= 11 is 0. The van der Waals surface area contributed by atoms with Crippen molar-refractivity contribution in [3.8, 4) is 5.75 Å². The Hall–Kier alpha value is -2.04. The molecule has 4 nitrogen and oxygen atoms in total. The molecule has 1 aliphatic rings. The summed E-state index contributed by atoms with van der Waals surface area (Å²) in [5.41, 5.74) is 2.84. The van der Waals surface area contributed by atoms with Crippen LogP contribution in [0, 0.1) is 6.92 Å². The molecule has 0 unspecified atom stereocenters. The van der Waals surface area contributed by atoms with Crippen LogP contribution in [0.1, 0.15) is 55.6 Å². The van der Waals surface area contributed by atoms with E-state index in [2.05, 4.69) is 0 Å². The monoisotopic (exact) mass is 363 g/mol. The number of ether oxygens (including phenoxy) is 1. The molecule has 0 aromatic heterocycles. The van der Waals surface area contributed by atoms with Gasteiger partial charge >= 0.3 is 0 Å². The number of nitrogens with two attached hydrogens (primary N) is 1. The van der Waals surface area contributed by atoms with Gasteiger partial charge in [-0.15, -0.1) is 0 Å². The first-order chi connectivity index (χ1) is 15.7. The van der Waals surface area contributed by atoms with E-state index in [9.17, 15) is 5.11 Å². The van der Waals surface area contributed by atoms with E-state index >= 15 is 0 Å². The van der Waals surface area contributed by atoms with Gasteiger partial charge in [0.1, 0.15) is 5.75 Å². The predicted octanol–water partition coefficient (Wildman–Crippen LogP) is 3.85. The van der Waals surface area contributed by atoms with E-state index < -0.39 is 49.5 Å². The fraction of sp³-hybridized carbons (Fsp3) is 0.455. The molecule has 0 aliphatic carbocycles. The zero-order chi connectivity index (χ0) is 26.8. The van der Waals surface area contributed by atoms with Gasteiger partial charge in [-0.3, -0.25) is 4.90 Å². The second-order valence-electron chi connectivity index (χ2n) is 6.47. The van der Waals surface area contributed by atoms with Crippen LogP contribution in [0.25, 0.3) is 0 Å². The maximum absolute atomic E-state index is 11.8. The Bertz CT molecular complexity index is 1070. The van der Waals surface area contributed by atoms with Crippen molar-refractivity contribution < 1.29 is 22.2 Å². The molecule has 26 heavy (non-hydrogen) atoms. The van der Waals surface area contributed by atoms with Crippen LogP contribution in [-0.4, -0.2) is 29.1 Å². The van der Waals surface area contributed by atoms with Crippen molar-refractivity contribution in [1.82, 2.24) is 4.90 Å². The molecule has 1 saturated heterocycles. The summed E-state index contributed by atoms with van der Waals surface area (Å²) in [4.78, 5) is 0.473. The van der Waals surface area contributed by atoms with Crippen molar-refractivity contribution in [2.24, 2.45) is 0 Å². The Balaban J connectivity index is 2.28. The van der Waals surface area contributed by atoms with Crippen molar-refractivity contribution in [3.05, 3.63) is 59.2 Å². The Kier molecular flexibility index (Phi) is 3.05. The molecule has 0 saturated carbocycles. The molecule has 0 spiro atoms. The maximum Gasteiger partial charge on any atom is 0.142 e.